The largest absolute Gasteiger partial charge is 0.415 e. The molecule has 0 amide bonds. The summed E-state index contributed by atoms with van der Waals surface area (Å²) in [6.45, 7) is 5.40. The van der Waals surface area contributed by atoms with E-state index < -0.39 is 0 Å². The van der Waals surface area contributed by atoms with Crippen LogP contribution in [-0.2, 0) is 18.8 Å². The first-order chi connectivity index (χ1) is 8.69. The molecular formula is C10H16N6OS. The molecule has 0 radical (unpaired) electrons. The molecule has 98 valence electrons. The van der Waals surface area contributed by atoms with E-state index in [1.165, 1.54) is 11.8 Å². The number of thioether (sulfide) groups is 1. The zero-order valence-electron chi connectivity index (χ0n) is 10.4. The summed E-state index contributed by atoms with van der Waals surface area (Å²) in [7, 11) is 0. The molecule has 2 aromatic rings. The number of nitrogens with two attached hydrogens (primary N) is 1. The second-order valence-corrected chi connectivity index (χ2v) is 5.13. The second kappa shape index (κ2) is 5.96. The summed E-state index contributed by atoms with van der Waals surface area (Å²) in [5.41, 5.74) is 5.40. The van der Waals surface area contributed by atoms with Gasteiger partial charge in [0, 0.05) is 6.54 Å². The molecule has 0 aromatic carbocycles. The maximum Gasteiger partial charge on any atom is 0.277 e. The van der Waals surface area contributed by atoms with Crippen LogP contribution in [0, 0.1) is 5.92 Å². The molecule has 0 fully saturated rings. The summed E-state index contributed by atoms with van der Waals surface area (Å²) in [4.78, 5) is 4.23. The fourth-order valence-corrected chi connectivity index (χ4v) is 2.13. The van der Waals surface area contributed by atoms with Crippen LogP contribution in [0.25, 0.3) is 0 Å². The molecule has 0 saturated carbocycles. The first-order valence-corrected chi connectivity index (χ1v) is 6.69. The maximum atomic E-state index is 5.40. The zero-order valence-corrected chi connectivity index (χ0v) is 11.2. The average Bonchev–Trinajstić information content (AvgIpc) is 2.94. The third kappa shape index (κ3) is 3.30. The predicted octanol–water partition coefficient (Wildman–Crippen LogP) is 1.07. The second-order valence-electron chi connectivity index (χ2n) is 4.21. The molecular weight excluding hydrogens is 252 g/mol. The maximum absolute atomic E-state index is 5.40. The normalized spacial score (nSPS) is 11.3. The van der Waals surface area contributed by atoms with Crippen LogP contribution in [0.2, 0.25) is 0 Å². The van der Waals surface area contributed by atoms with Gasteiger partial charge in [-0.15, -0.1) is 10.2 Å². The SMILES string of the molecule is CC(C)Cn1ncnc1CSc1nnc(CN)o1. The molecule has 0 saturated heterocycles. The molecule has 7 nitrogen and oxygen atoms in total. The number of hydrogen-bond donors (Lipinski definition) is 1. The van der Waals surface area contributed by atoms with Gasteiger partial charge in [-0.25, -0.2) is 9.67 Å². The van der Waals surface area contributed by atoms with Crippen LogP contribution in [0.1, 0.15) is 25.6 Å². The molecule has 0 atom stereocenters. The van der Waals surface area contributed by atoms with Crippen molar-refractivity contribution >= 4 is 11.8 Å². The Morgan fingerprint density at radius 3 is 2.94 bits per heavy atom. The van der Waals surface area contributed by atoms with Gasteiger partial charge < -0.3 is 10.2 Å². The quantitative estimate of drug-likeness (QED) is 0.783. The fourth-order valence-electron chi connectivity index (χ4n) is 1.40. The lowest BCUT2D eigenvalue weighted by atomic mass is 10.2. The van der Waals surface area contributed by atoms with E-state index in [1.54, 1.807) is 6.33 Å². The Labute approximate surface area is 109 Å². The highest BCUT2D eigenvalue weighted by Crippen LogP contribution is 2.20. The van der Waals surface area contributed by atoms with Gasteiger partial charge in [0.05, 0.1) is 12.3 Å². The Hall–Kier alpha value is -1.41. The smallest absolute Gasteiger partial charge is 0.277 e. The summed E-state index contributed by atoms with van der Waals surface area (Å²) < 4.78 is 7.21. The molecule has 0 aliphatic heterocycles. The van der Waals surface area contributed by atoms with Gasteiger partial charge in [-0.2, -0.15) is 5.10 Å². The lowest BCUT2D eigenvalue weighted by Gasteiger charge is -2.07. The monoisotopic (exact) mass is 268 g/mol. The average molecular weight is 268 g/mol. The molecule has 2 heterocycles. The molecule has 2 aromatic heterocycles. The van der Waals surface area contributed by atoms with Crippen LogP contribution in [0.4, 0.5) is 0 Å². The van der Waals surface area contributed by atoms with Crippen LogP contribution in [0.5, 0.6) is 0 Å². The minimum Gasteiger partial charge on any atom is -0.415 e. The van der Waals surface area contributed by atoms with Gasteiger partial charge >= 0.3 is 0 Å². The fraction of sp³-hybridized carbons (Fsp3) is 0.600. The Morgan fingerprint density at radius 2 is 2.28 bits per heavy atom. The van der Waals surface area contributed by atoms with Gasteiger partial charge in [-0.05, 0) is 5.92 Å². The van der Waals surface area contributed by atoms with Crippen molar-refractivity contribution in [2.75, 3.05) is 0 Å². The first-order valence-electron chi connectivity index (χ1n) is 5.71. The van der Waals surface area contributed by atoms with E-state index in [-0.39, 0.29) is 6.54 Å². The van der Waals surface area contributed by atoms with Crippen molar-refractivity contribution in [2.24, 2.45) is 11.7 Å². The van der Waals surface area contributed by atoms with Gasteiger partial charge in [0.2, 0.25) is 5.89 Å². The van der Waals surface area contributed by atoms with Crippen molar-refractivity contribution in [3.63, 3.8) is 0 Å². The van der Waals surface area contributed by atoms with E-state index in [4.69, 9.17) is 10.2 Å². The molecule has 2 rings (SSSR count). The molecule has 0 bridgehead atoms. The molecule has 18 heavy (non-hydrogen) atoms. The Morgan fingerprint density at radius 1 is 1.44 bits per heavy atom. The lowest BCUT2D eigenvalue weighted by Crippen LogP contribution is -2.09. The topological polar surface area (TPSA) is 95.7 Å². The first kappa shape index (κ1) is 13.0. The molecule has 0 aliphatic carbocycles. The van der Waals surface area contributed by atoms with E-state index >= 15 is 0 Å². The van der Waals surface area contributed by atoms with Gasteiger partial charge in [0.15, 0.2) is 0 Å². The minimum atomic E-state index is 0.261. The van der Waals surface area contributed by atoms with Crippen molar-refractivity contribution < 1.29 is 4.42 Å². The van der Waals surface area contributed by atoms with Gasteiger partial charge in [0.1, 0.15) is 12.2 Å². The van der Waals surface area contributed by atoms with Crippen molar-refractivity contribution in [3.8, 4) is 0 Å². The van der Waals surface area contributed by atoms with E-state index in [2.05, 4.69) is 34.1 Å². The number of rotatable bonds is 6. The standard InChI is InChI=1S/C10H16N6OS/c1-7(2)4-16-8(12-6-13-16)5-18-10-15-14-9(3-11)17-10/h6-7H,3-5,11H2,1-2H3. The molecule has 0 spiro atoms. The molecule has 0 unspecified atom stereocenters. The summed E-state index contributed by atoms with van der Waals surface area (Å²) in [5.74, 6) is 2.53. The molecule has 0 aliphatic rings. The minimum absolute atomic E-state index is 0.261. The van der Waals surface area contributed by atoms with Crippen LogP contribution >= 0.6 is 11.8 Å². The van der Waals surface area contributed by atoms with Crippen molar-refractivity contribution in [2.45, 2.75) is 37.9 Å². The van der Waals surface area contributed by atoms with Crippen LogP contribution in [-0.4, -0.2) is 25.0 Å². The number of hydrogen-bond acceptors (Lipinski definition) is 7. The number of aromatic nitrogens is 5. The van der Waals surface area contributed by atoms with Crippen molar-refractivity contribution in [3.05, 3.63) is 18.0 Å². The van der Waals surface area contributed by atoms with E-state index in [0.717, 1.165) is 12.4 Å². The molecule has 8 heteroatoms. The van der Waals surface area contributed by atoms with E-state index in [0.29, 0.717) is 22.8 Å². The van der Waals surface area contributed by atoms with Crippen molar-refractivity contribution in [1.29, 1.82) is 0 Å². The summed E-state index contributed by atoms with van der Waals surface area (Å²) >= 11 is 1.44. The molecule has 2 N–H and O–H groups in total. The van der Waals surface area contributed by atoms with Crippen LogP contribution < -0.4 is 5.73 Å². The Bertz CT molecular complexity index is 494. The third-order valence-electron chi connectivity index (χ3n) is 2.18. The Kier molecular flexibility index (Phi) is 4.32. The van der Waals surface area contributed by atoms with Gasteiger partial charge in [-0.1, -0.05) is 25.6 Å². The zero-order chi connectivity index (χ0) is 13.0. The van der Waals surface area contributed by atoms with Gasteiger partial charge in [-0.3, -0.25) is 0 Å². The highest BCUT2D eigenvalue weighted by atomic mass is 32.2. The lowest BCUT2D eigenvalue weighted by molar-refractivity contribution is 0.414. The number of nitrogens with zero attached hydrogens (tertiary/aromatic N) is 5. The predicted molar refractivity (Wildman–Crippen MR) is 66.6 cm³/mol. The van der Waals surface area contributed by atoms with Crippen LogP contribution in [0.15, 0.2) is 16.0 Å². The van der Waals surface area contributed by atoms with Gasteiger partial charge in [0.25, 0.3) is 5.22 Å². The summed E-state index contributed by atoms with van der Waals surface area (Å²) in [5, 5.41) is 12.4. The van der Waals surface area contributed by atoms with Crippen LogP contribution in [0.3, 0.4) is 0 Å². The summed E-state index contributed by atoms with van der Waals surface area (Å²) in [6.07, 6.45) is 1.57. The highest BCUT2D eigenvalue weighted by Gasteiger charge is 2.10. The van der Waals surface area contributed by atoms with E-state index in [1.807, 2.05) is 4.68 Å². The Balaban J connectivity index is 1.95. The van der Waals surface area contributed by atoms with E-state index in [9.17, 15) is 0 Å². The summed E-state index contributed by atoms with van der Waals surface area (Å²) in [6, 6.07) is 0. The highest BCUT2D eigenvalue weighted by molar-refractivity contribution is 7.98. The third-order valence-corrected chi connectivity index (χ3v) is 3.00. The van der Waals surface area contributed by atoms with Crippen molar-refractivity contribution in [1.82, 2.24) is 25.0 Å².